The molecule has 13 heavy (non-hydrogen) atoms. The van der Waals surface area contributed by atoms with Crippen molar-refractivity contribution >= 4 is 5.84 Å². The van der Waals surface area contributed by atoms with Crippen molar-refractivity contribution in [3.8, 4) is 0 Å². The zero-order chi connectivity index (χ0) is 9.68. The lowest BCUT2D eigenvalue weighted by Crippen LogP contribution is -2.25. The molecule has 0 aliphatic rings. The van der Waals surface area contributed by atoms with Gasteiger partial charge in [-0.1, -0.05) is 6.07 Å². The van der Waals surface area contributed by atoms with Crippen LogP contribution in [-0.2, 0) is 6.42 Å². The van der Waals surface area contributed by atoms with Crippen molar-refractivity contribution in [2.24, 2.45) is 0 Å². The fourth-order valence-electron chi connectivity index (χ4n) is 0.996. The largest absolute Gasteiger partial charge is 0.363 e. The number of rotatable bonds is 3. The van der Waals surface area contributed by atoms with Gasteiger partial charge in [0.1, 0.15) is 0 Å². The molecule has 70 valence electrons. The minimum absolute atomic E-state index is 0.593. The van der Waals surface area contributed by atoms with Crippen LogP contribution in [0.5, 0.6) is 0 Å². The smallest absolute Gasteiger partial charge is 0.0923 e. The zero-order valence-corrected chi connectivity index (χ0v) is 8.12. The van der Waals surface area contributed by atoms with Crippen LogP contribution in [0.1, 0.15) is 12.6 Å². The van der Waals surface area contributed by atoms with E-state index in [1.165, 1.54) is 0 Å². The summed E-state index contributed by atoms with van der Waals surface area (Å²) in [6.07, 6.45) is 2.69. The maximum Gasteiger partial charge on any atom is 0.0923 e. The first-order valence-electron chi connectivity index (χ1n) is 4.36. The molecule has 1 aromatic heterocycles. The van der Waals surface area contributed by atoms with Crippen LogP contribution in [0, 0.1) is 5.41 Å². The number of aromatic nitrogens is 1. The average Bonchev–Trinajstić information content (AvgIpc) is 2.15. The highest BCUT2D eigenvalue weighted by molar-refractivity contribution is 5.75. The second-order valence-electron chi connectivity index (χ2n) is 3.08. The molecule has 0 unspecified atom stereocenters. The minimum Gasteiger partial charge on any atom is -0.363 e. The zero-order valence-electron chi connectivity index (χ0n) is 8.12. The summed E-state index contributed by atoms with van der Waals surface area (Å²) in [5.74, 6) is 0.593. The Hall–Kier alpha value is -1.38. The summed E-state index contributed by atoms with van der Waals surface area (Å²) >= 11 is 0. The first-order chi connectivity index (χ1) is 6.20. The van der Waals surface area contributed by atoms with Gasteiger partial charge >= 0.3 is 0 Å². The Morgan fingerprint density at radius 2 is 2.31 bits per heavy atom. The van der Waals surface area contributed by atoms with Gasteiger partial charge in [0.25, 0.3) is 0 Å². The highest BCUT2D eigenvalue weighted by Crippen LogP contribution is 1.96. The number of amidine groups is 1. The van der Waals surface area contributed by atoms with Crippen molar-refractivity contribution < 1.29 is 0 Å². The third-order valence-electron chi connectivity index (χ3n) is 2.00. The van der Waals surface area contributed by atoms with Crippen LogP contribution in [0.3, 0.4) is 0 Å². The Kier molecular flexibility index (Phi) is 3.43. The van der Waals surface area contributed by atoms with E-state index in [0.717, 1.165) is 18.7 Å². The van der Waals surface area contributed by atoms with E-state index >= 15 is 0 Å². The van der Waals surface area contributed by atoms with Gasteiger partial charge in [0.05, 0.1) is 5.84 Å². The van der Waals surface area contributed by atoms with Gasteiger partial charge in [-0.15, -0.1) is 0 Å². The third-order valence-corrected chi connectivity index (χ3v) is 2.00. The molecule has 3 nitrogen and oxygen atoms in total. The fraction of sp³-hybridized carbons (Fsp3) is 0.400. The van der Waals surface area contributed by atoms with Crippen molar-refractivity contribution in [2.45, 2.75) is 13.3 Å². The van der Waals surface area contributed by atoms with Crippen LogP contribution in [0.2, 0.25) is 0 Å². The van der Waals surface area contributed by atoms with E-state index in [1.807, 2.05) is 30.1 Å². The summed E-state index contributed by atoms with van der Waals surface area (Å²) in [5, 5.41) is 7.37. The van der Waals surface area contributed by atoms with E-state index < -0.39 is 0 Å². The van der Waals surface area contributed by atoms with E-state index in [2.05, 4.69) is 4.98 Å². The number of hydrogen-bond acceptors (Lipinski definition) is 2. The monoisotopic (exact) mass is 177 g/mol. The van der Waals surface area contributed by atoms with Gasteiger partial charge in [0.15, 0.2) is 0 Å². The van der Waals surface area contributed by atoms with Crippen molar-refractivity contribution in [2.75, 3.05) is 13.6 Å². The van der Waals surface area contributed by atoms with Crippen LogP contribution >= 0.6 is 0 Å². The SMILES string of the molecule is CC(=N)N(C)CCc1ccccn1. The quantitative estimate of drug-likeness (QED) is 0.562. The van der Waals surface area contributed by atoms with Crippen LogP contribution < -0.4 is 0 Å². The molecule has 0 saturated carbocycles. The molecule has 0 aromatic carbocycles. The van der Waals surface area contributed by atoms with Crippen molar-refractivity contribution in [3.63, 3.8) is 0 Å². The standard InChI is InChI=1S/C10H15N3/c1-9(11)13(2)8-6-10-5-3-4-7-12-10/h3-5,7,11H,6,8H2,1-2H3. The Morgan fingerprint density at radius 3 is 2.85 bits per heavy atom. The molecule has 0 aliphatic carbocycles. The van der Waals surface area contributed by atoms with Gasteiger partial charge in [0.2, 0.25) is 0 Å². The molecule has 1 heterocycles. The molecular weight excluding hydrogens is 162 g/mol. The predicted octanol–water partition coefficient (Wildman–Crippen LogP) is 1.55. The molecule has 3 heteroatoms. The molecule has 0 amide bonds. The number of likely N-dealkylation sites (N-methyl/N-ethyl adjacent to an activating group) is 1. The molecule has 0 saturated heterocycles. The lowest BCUT2D eigenvalue weighted by Gasteiger charge is -2.16. The van der Waals surface area contributed by atoms with E-state index in [-0.39, 0.29) is 0 Å². The maximum atomic E-state index is 7.37. The molecule has 0 spiro atoms. The van der Waals surface area contributed by atoms with E-state index in [4.69, 9.17) is 5.41 Å². The van der Waals surface area contributed by atoms with Gasteiger partial charge in [-0.3, -0.25) is 10.4 Å². The first-order valence-corrected chi connectivity index (χ1v) is 4.36. The Morgan fingerprint density at radius 1 is 1.54 bits per heavy atom. The second-order valence-corrected chi connectivity index (χ2v) is 3.08. The van der Waals surface area contributed by atoms with E-state index in [9.17, 15) is 0 Å². The molecule has 1 aromatic rings. The Labute approximate surface area is 78.9 Å². The lowest BCUT2D eigenvalue weighted by atomic mass is 10.2. The summed E-state index contributed by atoms with van der Waals surface area (Å²) in [4.78, 5) is 6.12. The maximum absolute atomic E-state index is 7.37. The molecular formula is C10H15N3. The number of hydrogen-bond donors (Lipinski definition) is 1. The topological polar surface area (TPSA) is 40.0 Å². The summed E-state index contributed by atoms with van der Waals surface area (Å²) in [6, 6.07) is 5.90. The Bertz CT molecular complexity index is 269. The summed E-state index contributed by atoms with van der Waals surface area (Å²) in [7, 11) is 1.92. The molecule has 0 bridgehead atoms. The molecule has 0 radical (unpaired) electrons. The van der Waals surface area contributed by atoms with Crippen LogP contribution in [0.15, 0.2) is 24.4 Å². The van der Waals surface area contributed by atoms with Gasteiger partial charge in [0, 0.05) is 31.9 Å². The van der Waals surface area contributed by atoms with Crippen LogP contribution in [0.25, 0.3) is 0 Å². The van der Waals surface area contributed by atoms with Gasteiger partial charge in [-0.25, -0.2) is 0 Å². The highest BCUT2D eigenvalue weighted by atomic mass is 15.1. The number of nitrogens with zero attached hydrogens (tertiary/aromatic N) is 2. The fourth-order valence-corrected chi connectivity index (χ4v) is 0.996. The minimum atomic E-state index is 0.593. The summed E-state index contributed by atoms with van der Waals surface area (Å²) < 4.78 is 0. The van der Waals surface area contributed by atoms with E-state index in [1.54, 1.807) is 13.1 Å². The normalized spacial score (nSPS) is 9.69. The molecule has 0 atom stereocenters. The van der Waals surface area contributed by atoms with E-state index in [0.29, 0.717) is 5.84 Å². The van der Waals surface area contributed by atoms with Crippen molar-refractivity contribution in [1.82, 2.24) is 9.88 Å². The molecule has 0 fully saturated rings. The second kappa shape index (κ2) is 4.60. The summed E-state index contributed by atoms with van der Waals surface area (Å²) in [5.41, 5.74) is 1.08. The summed E-state index contributed by atoms with van der Waals surface area (Å²) in [6.45, 7) is 2.64. The Balaban J connectivity index is 2.39. The predicted molar refractivity (Wildman–Crippen MR) is 54.0 cm³/mol. The van der Waals surface area contributed by atoms with Gasteiger partial charge < -0.3 is 4.90 Å². The lowest BCUT2D eigenvalue weighted by molar-refractivity contribution is 0.499. The van der Waals surface area contributed by atoms with Gasteiger partial charge in [-0.2, -0.15) is 0 Å². The van der Waals surface area contributed by atoms with Crippen molar-refractivity contribution in [1.29, 1.82) is 5.41 Å². The number of nitrogens with one attached hydrogen (secondary N) is 1. The van der Waals surface area contributed by atoms with Crippen LogP contribution in [0.4, 0.5) is 0 Å². The van der Waals surface area contributed by atoms with Crippen LogP contribution in [-0.4, -0.2) is 29.3 Å². The molecule has 1 rings (SSSR count). The highest BCUT2D eigenvalue weighted by Gasteiger charge is 1.99. The number of pyridine rings is 1. The average molecular weight is 177 g/mol. The molecule has 1 N–H and O–H groups in total. The first kappa shape index (κ1) is 9.71. The third kappa shape index (κ3) is 3.23. The van der Waals surface area contributed by atoms with Gasteiger partial charge in [-0.05, 0) is 19.1 Å². The van der Waals surface area contributed by atoms with Crippen molar-refractivity contribution in [3.05, 3.63) is 30.1 Å². The molecule has 0 aliphatic heterocycles.